The summed E-state index contributed by atoms with van der Waals surface area (Å²) in [5.74, 6) is 0.836. The van der Waals surface area contributed by atoms with E-state index in [4.69, 9.17) is 21.3 Å². The van der Waals surface area contributed by atoms with Crippen LogP contribution in [0.3, 0.4) is 0 Å². The quantitative estimate of drug-likeness (QED) is 0.200. The lowest BCUT2D eigenvalue weighted by Crippen LogP contribution is -2.29. The molecule has 0 saturated carbocycles. The SMILES string of the molecule is CN1CCCN(c2cc3ncc(C#N)c(Nc4ccc(Sc5nccn5C)c(Cl)c4)c3cc2OCCCN2CCCC2)CC1. The van der Waals surface area contributed by atoms with E-state index >= 15 is 0 Å². The van der Waals surface area contributed by atoms with E-state index in [1.807, 2.05) is 36.0 Å². The minimum Gasteiger partial charge on any atom is -0.491 e. The number of anilines is 3. The summed E-state index contributed by atoms with van der Waals surface area (Å²) in [6.07, 6.45) is 9.97. The highest BCUT2D eigenvalue weighted by atomic mass is 35.5. The first kappa shape index (κ1) is 30.5. The lowest BCUT2D eigenvalue weighted by atomic mass is 10.1. The summed E-state index contributed by atoms with van der Waals surface area (Å²) < 4.78 is 8.50. The number of hydrogen-bond acceptors (Lipinski definition) is 9. The zero-order valence-electron chi connectivity index (χ0n) is 25.4. The number of fused-ring (bicyclic) bond motifs is 1. The van der Waals surface area contributed by atoms with Crippen LogP contribution in [-0.4, -0.2) is 83.8 Å². The summed E-state index contributed by atoms with van der Waals surface area (Å²) in [7, 11) is 4.14. The van der Waals surface area contributed by atoms with Gasteiger partial charge < -0.3 is 29.3 Å². The van der Waals surface area contributed by atoms with Crippen molar-refractivity contribution in [2.75, 3.05) is 69.7 Å². The maximum Gasteiger partial charge on any atom is 0.172 e. The van der Waals surface area contributed by atoms with Crippen molar-refractivity contribution in [2.45, 2.75) is 35.7 Å². The Balaban J connectivity index is 1.31. The molecule has 4 aromatic rings. The van der Waals surface area contributed by atoms with Crippen LogP contribution < -0.4 is 15.0 Å². The largest absolute Gasteiger partial charge is 0.491 e. The first-order chi connectivity index (χ1) is 21.5. The van der Waals surface area contributed by atoms with Gasteiger partial charge in [-0.3, -0.25) is 4.98 Å². The Hall–Kier alpha value is -3.49. The van der Waals surface area contributed by atoms with Crippen molar-refractivity contribution < 1.29 is 4.74 Å². The first-order valence-electron chi connectivity index (χ1n) is 15.4. The number of rotatable bonds is 10. The number of ether oxygens (including phenoxy) is 1. The Morgan fingerprint density at radius 3 is 2.66 bits per heavy atom. The van der Waals surface area contributed by atoms with Gasteiger partial charge >= 0.3 is 0 Å². The molecule has 2 aromatic carbocycles. The number of aromatic nitrogens is 3. The third-order valence-corrected chi connectivity index (χ3v) is 9.96. The van der Waals surface area contributed by atoms with Crippen LogP contribution in [-0.2, 0) is 7.05 Å². The number of benzene rings is 2. The lowest BCUT2D eigenvalue weighted by molar-refractivity contribution is 0.263. The number of aryl methyl sites for hydroxylation is 1. The minimum absolute atomic E-state index is 0.462. The zero-order chi connectivity index (χ0) is 30.5. The second-order valence-corrected chi connectivity index (χ2v) is 13.0. The van der Waals surface area contributed by atoms with Crippen molar-refractivity contribution in [1.29, 1.82) is 5.26 Å². The van der Waals surface area contributed by atoms with Crippen molar-refractivity contribution >= 4 is 51.3 Å². The zero-order valence-corrected chi connectivity index (χ0v) is 27.0. The van der Waals surface area contributed by atoms with Gasteiger partial charge in [0, 0.05) is 67.8 Å². The molecular weight excluding hydrogens is 592 g/mol. The molecule has 0 amide bonds. The molecule has 230 valence electrons. The number of nitrogens with one attached hydrogen (secondary N) is 1. The van der Waals surface area contributed by atoms with Gasteiger partial charge in [-0.05, 0) is 82.7 Å². The van der Waals surface area contributed by atoms with Gasteiger partial charge in [0.25, 0.3) is 0 Å². The molecule has 0 unspecified atom stereocenters. The van der Waals surface area contributed by atoms with E-state index in [2.05, 4.69) is 50.3 Å². The van der Waals surface area contributed by atoms with Gasteiger partial charge in [-0.1, -0.05) is 23.4 Å². The maximum absolute atomic E-state index is 10.1. The van der Waals surface area contributed by atoms with E-state index in [1.54, 1.807) is 12.4 Å². The Morgan fingerprint density at radius 1 is 1.02 bits per heavy atom. The molecular formula is C33H39ClN8OS. The normalized spacial score (nSPS) is 16.3. The Labute approximate surface area is 268 Å². The van der Waals surface area contributed by atoms with Crippen molar-refractivity contribution in [3.8, 4) is 11.8 Å². The third-order valence-electron chi connectivity index (χ3n) is 8.38. The predicted octanol–water partition coefficient (Wildman–Crippen LogP) is 6.39. The summed E-state index contributed by atoms with van der Waals surface area (Å²) >= 11 is 8.23. The van der Waals surface area contributed by atoms with Crippen LogP contribution >= 0.6 is 23.4 Å². The monoisotopic (exact) mass is 630 g/mol. The van der Waals surface area contributed by atoms with Gasteiger partial charge in [-0.15, -0.1) is 0 Å². The van der Waals surface area contributed by atoms with Gasteiger partial charge in [0.1, 0.15) is 11.8 Å². The second kappa shape index (κ2) is 14.1. The molecule has 2 saturated heterocycles. The predicted molar refractivity (Wildman–Crippen MR) is 179 cm³/mol. The number of pyridine rings is 1. The van der Waals surface area contributed by atoms with Crippen LogP contribution in [0.15, 0.2) is 59.0 Å². The van der Waals surface area contributed by atoms with Crippen LogP contribution in [0.1, 0.15) is 31.2 Å². The summed E-state index contributed by atoms with van der Waals surface area (Å²) in [5, 5.41) is 15.9. The number of likely N-dealkylation sites (N-methyl/N-ethyl adjacent to an activating group) is 1. The molecule has 2 aromatic heterocycles. The van der Waals surface area contributed by atoms with E-state index in [-0.39, 0.29) is 0 Å². The average molecular weight is 631 g/mol. The van der Waals surface area contributed by atoms with E-state index < -0.39 is 0 Å². The Bertz CT molecular complexity index is 1650. The fourth-order valence-electron chi connectivity index (χ4n) is 5.91. The molecule has 0 radical (unpaired) electrons. The average Bonchev–Trinajstić information content (AvgIpc) is 3.64. The van der Waals surface area contributed by atoms with Gasteiger partial charge in [0.2, 0.25) is 0 Å². The summed E-state index contributed by atoms with van der Waals surface area (Å²) in [6, 6.07) is 12.4. The highest BCUT2D eigenvalue weighted by molar-refractivity contribution is 7.99. The van der Waals surface area contributed by atoms with E-state index in [0.29, 0.717) is 22.9 Å². The van der Waals surface area contributed by atoms with Crippen LogP contribution in [0, 0.1) is 11.3 Å². The molecule has 9 nitrogen and oxygen atoms in total. The molecule has 11 heteroatoms. The molecule has 44 heavy (non-hydrogen) atoms. The number of likely N-dealkylation sites (tertiary alicyclic amines) is 1. The molecule has 1 N–H and O–H groups in total. The third kappa shape index (κ3) is 7.08. The number of imidazole rings is 1. The van der Waals surface area contributed by atoms with Crippen LogP contribution in [0.5, 0.6) is 5.75 Å². The smallest absolute Gasteiger partial charge is 0.172 e. The topological polar surface area (TPSA) is 85.5 Å². The van der Waals surface area contributed by atoms with E-state index in [0.717, 1.165) is 83.6 Å². The standard InChI is InChI=1S/C33H39ClN8OS/c1-39-10-5-14-42(17-16-39)29-21-28-26(20-30(29)43-18-6-13-41-11-3-4-12-41)32(24(22-35)23-37-28)38-25-7-8-31(27(34)19-25)44-33-36-9-15-40(33)2/h7-9,15,19-21,23H,3-6,10-14,16-18H2,1-2H3,(H,37,38). The number of hydrogen-bond donors (Lipinski definition) is 1. The molecule has 6 rings (SSSR count). The Kier molecular flexibility index (Phi) is 9.77. The van der Waals surface area contributed by atoms with Crippen molar-refractivity contribution in [3.63, 3.8) is 0 Å². The van der Waals surface area contributed by atoms with E-state index in [9.17, 15) is 5.26 Å². The van der Waals surface area contributed by atoms with Crippen molar-refractivity contribution in [3.05, 3.63) is 59.5 Å². The lowest BCUT2D eigenvalue weighted by Gasteiger charge is -2.26. The van der Waals surface area contributed by atoms with Gasteiger partial charge in [-0.2, -0.15) is 5.26 Å². The summed E-state index contributed by atoms with van der Waals surface area (Å²) in [6.45, 7) is 8.03. The van der Waals surface area contributed by atoms with E-state index in [1.165, 1.54) is 37.7 Å². The first-order valence-corrected chi connectivity index (χ1v) is 16.5. The highest BCUT2D eigenvalue weighted by Gasteiger charge is 2.21. The fraction of sp³-hybridized carbons (Fsp3) is 0.424. The molecule has 0 spiro atoms. The number of nitriles is 1. The molecule has 0 bridgehead atoms. The van der Waals surface area contributed by atoms with Gasteiger partial charge in [-0.25, -0.2) is 4.98 Å². The van der Waals surface area contributed by atoms with Crippen LogP contribution in [0.4, 0.5) is 17.1 Å². The molecule has 4 heterocycles. The van der Waals surface area contributed by atoms with Gasteiger partial charge in [0.15, 0.2) is 5.16 Å². The highest BCUT2D eigenvalue weighted by Crippen LogP contribution is 2.40. The Morgan fingerprint density at radius 2 is 1.89 bits per heavy atom. The molecule has 2 aliphatic rings. The van der Waals surface area contributed by atoms with Crippen LogP contribution in [0.2, 0.25) is 5.02 Å². The minimum atomic E-state index is 0.462. The molecule has 0 aliphatic carbocycles. The number of nitrogens with zero attached hydrogens (tertiary/aromatic N) is 7. The van der Waals surface area contributed by atoms with Crippen molar-refractivity contribution in [2.24, 2.45) is 7.05 Å². The molecule has 0 atom stereocenters. The molecule has 2 aliphatic heterocycles. The molecule has 2 fully saturated rings. The number of halogens is 1. The van der Waals surface area contributed by atoms with Crippen LogP contribution in [0.25, 0.3) is 10.9 Å². The summed E-state index contributed by atoms with van der Waals surface area (Å²) in [4.78, 5) is 17.3. The second-order valence-electron chi connectivity index (χ2n) is 11.6. The fourth-order valence-corrected chi connectivity index (χ4v) is 7.01. The maximum atomic E-state index is 10.1. The van der Waals surface area contributed by atoms with Crippen molar-refractivity contribution in [1.82, 2.24) is 24.3 Å². The summed E-state index contributed by atoms with van der Waals surface area (Å²) in [5.41, 5.74) is 3.83. The van der Waals surface area contributed by atoms with Gasteiger partial charge in [0.05, 0.1) is 34.1 Å².